The Hall–Kier alpha value is -0.670. The molecule has 0 heterocycles. The van der Waals surface area contributed by atoms with Crippen molar-refractivity contribution in [3.63, 3.8) is 0 Å². The summed E-state index contributed by atoms with van der Waals surface area (Å²) in [5.41, 5.74) is 1.84. The van der Waals surface area contributed by atoms with Gasteiger partial charge in [-0.15, -0.1) is 0 Å². The van der Waals surface area contributed by atoms with Crippen molar-refractivity contribution in [1.29, 1.82) is 0 Å². The van der Waals surface area contributed by atoms with Crippen molar-refractivity contribution in [2.24, 2.45) is 11.3 Å². The van der Waals surface area contributed by atoms with E-state index in [-0.39, 0.29) is 17.4 Å². The van der Waals surface area contributed by atoms with Crippen LogP contribution < -0.4 is 0 Å². The van der Waals surface area contributed by atoms with E-state index < -0.39 is 0 Å². The molecule has 1 saturated carbocycles. The van der Waals surface area contributed by atoms with E-state index in [0.29, 0.717) is 5.78 Å². The highest BCUT2D eigenvalue weighted by Gasteiger charge is 2.49. The lowest BCUT2D eigenvalue weighted by molar-refractivity contribution is 0.0128. The maximum Gasteiger partial charge on any atom is 0.169 e. The van der Waals surface area contributed by atoms with Crippen molar-refractivity contribution in [2.45, 2.75) is 45.1 Å². The highest BCUT2D eigenvalue weighted by atomic mass is 79.9. The number of rotatable bonds is 1. The van der Waals surface area contributed by atoms with E-state index in [9.17, 15) is 9.90 Å². The molecule has 1 aromatic rings. The summed E-state index contributed by atoms with van der Waals surface area (Å²) in [7, 11) is 0. The van der Waals surface area contributed by atoms with Crippen molar-refractivity contribution in [3.05, 3.63) is 33.8 Å². The molecule has 2 aliphatic rings. The fraction of sp³-hybridized carbons (Fsp3) is 0.562. The molecule has 3 atom stereocenters. The molecule has 2 aliphatic carbocycles. The van der Waals surface area contributed by atoms with Crippen molar-refractivity contribution >= 4 is 21.7 Å². The lowest BCUT2D eigenvalue weighted by Gasteiger charge is -2.39. The number of hydrogen-bond donors (Lipinski definition) is 1. The van der Waals surface area contributed by atoms with E-state index >= 15 is 0 Å². The standard InChI is InChI=1S/C16H19BrO2/c1-2-10-8-16(6-5-14(10)18)9-11-3-4-12(17)7-13(11)15(16)19/h3-4,7,10,14,18H,2,5-6,8-9H2,1H3/t10-,14-,16?/m0/s1. The number of aliphatic hydroxyl groups is 1. The van der Waals surface area contributed by atoms with Crippen molar-refractivity contribution < 1.29 is 9.90 Å². The Bertz CT molecular complexity index is 525. The van der Waals surface area contributed by atoms with E-state index in [4.69, 9.17) is 0 Å². The molecule has 1 unspecified atom stereocenters. The van der Waals surface area contributed by atoms with E-state index in [1.807, 2.05) is 12.1 Å². The summed E-state index contributed by atoms with van der Waals surface area (Å²) in [4.78, 5) is 12.8. The minimum absolute atomic E-state index is 0.223. The number of hydrogen-bond acceptors (Lipinski definition) is 2. The molecule has 0 amide bonds. The fourth-order valence-corrected chi connectivity index (χ4v) is 4.19. The highest BCUT2D eigenvalue weighted by Crippen LogP contribution is 2.49. The molecule has 3 rings (SSSR count). The van der Waals surface area contributed by atoms with Crippen LogP contribution >= 0.6 is 15.9 Å². The first-order valence-electron chi connectivity index (χ1n) is 7.07. The van der Waals surface area contributed by atoms with Gasteiger partial charge >= 0.3 is 0 Å². The van der Waals surface area contributed by atoms with Crippen LogP contribution in [0.5, 0.6) is 0 Å². The Morgan fingerprint density at radius 2 is 2.26 bits per heavy atom. The van der Waals surface area contributed by atoms with Crippen LogP contribution in [0, 0.1) is 11.3 Å². The molecule has 1 aromatic carbocycles. The summed E-state index contributed by atoms with van der Waals surface area (Å²) < 4.78 is 0.972. The van der Waals surface area contributed by atoms with Crippen LogP contribution in [0.3, 0.4) is 0 Å². The maximum atomic E-state index is 12.8. The Labute approximate surface area is 122 Å². The van der Waals surface area contributed by atoms with Crippen molar-refractivity contribution in [1.82, 2.24) is 0 Å². The van der Waals surface area contributed by atoms with Crippen LogP contribution in [0.1, 0.15) is 48.5 Å². The van der Waals surface area contributed by atoms with Gasteiger partial charge in [-0.2, -0.15) is 0 Å². The van der Waals surface area contributed by atoms with Gasteiger partial charge in [0.15, 0.2) is 5.78 Å². The van der Waals surface area contributed by atoms with Gasteiger partial charge in [0, 0.05) is 15.5 Å². The molecule has 102 valence electrons. The Kier molecular flexibility index (Phi) is 3.30. The quantitative estimate of drug-likeness (QED) is 0.855. The SMILES string of the molecule is CC[C@H]1CC2(CC[C@@H]1O)Cc1ccc(Br)cc1C2=O. The third-order valence-electron chi connectivity index (χ3n) is 4.97. The number of carbonyl (C=O) groups excluding carboxylic acids is 1. The van der Waals surface area contributed by atoms with Crippen LogP contribution in [0.15, 0.2) is 22.7 Å². The Balaban J connectivity index is 1.94. The zero-order valence-electron chi connectivity index (χ0n) is 11.2. The fourth-order valence-electron chi connectivity index (χ4n) is 3.83. The topological polar surface area (TPSA) is 37.3 Å². The number of fused-ring (bicyclic) bond motifs is 1. The van der Waals surface area contributed by atoms with Gasteiger partial charge in [0.25, 0.3) is 0 Å². The van der Waals surface area contributed by atoms with Gasteiger partial charge in [-0.05, 0) is 49.3 Å². The summed E-state index contributed by atoms with van der Waals surface area (Å²) in [5.74, 6) is 0.574. The van der Waals surface area contributed by atoms with Crippen LogP contribution in [0.4, 0.5) is 0 Å². The molecule has 0 aromatic heterocycles. The molecule has 0 radical (unpaired) electrons. The van der Waals surface area contributed by atoms with Gasteiger partial charge in [-0.1, -0.05) is 35.3 Å². The van der Waals surface area contributed by atoms with E-state index in [2.05, 4.69) is 28.9 Å². The first-order valence-corrected chi connectivity index (χ1v) is 7.86. The van der Waals surface area contributed by atoms with Gasteiger partial charge in [0.2, 0.25) is 0 Å². The third-order valence-corrected chi connectivity index (χ3v) is 5.46. The molecule has 0 bridgehead atoms. The second-order valence-corrected chi connectivity index (χ2v) is 6.98. The number of aliphatic hydroxyl groups excluding tert-OH is 1. The lowest BCUT2D eigenvalue weighted by Crippen LogP contribution is -2.40. The summed E-state index contributed by atoms with van der Waals surface area (Å²) in [6.45, 7) is 2.11. The predicted octanol–water partition coefficient (Wildman–Crippen LogP) is 3.75. The second-order valence-electron chi connectivity index (χ2n) is 6.07. The average molecular weight is 323 g/mol. The minimum atomic E-state index is -0.233. The van der Waals surface area contributed by atoms with Crippen molar-refractivity contribution in [3.8, 4) is 0 Å². The molecule has 0 saturated heterocycles. The number of halogens is 1. The first kappa shape index (κ1) is 13.3. The zero-order chi connectivity index (χ0) is 13.6. The number of benzene rings is 1. The van der Waals surface area contributed by atoms with Crippen molar-refractivity contribution in [2.75, 3.05) is 0 Å². The minimum Gasteiger partial charge on any atom is -0.393 e. The highest BCUT2D eigenvalue weighted by molar-refractivity contribution is 9.10. The summed E-state index contributed by atoms with van der Waals surface area (Å²) >= 11 is 3.45. The zero-order valence-corrected chi connectivity index (χ0v) is 12.7. The molecule has 1 spiro atoms. The van der Waals surface area contributed by atoms with Gasteiger partial charge in [0.05, 0.1) is 6.10 Å². The Morgan fingerprint density at radius 3 is 3.00 bits per heavy atom. The molecule has 1 N–H and O–H groups in total. The van der Waals surface area contributed by atoms with Crippen LogP contribution in [0.25, 0.3) is 0 Å². The smallest absolute Gasteiger partial charge is 0.169 e. The molecule has 2 nitrogen and oxygen atoms in total. The first-order chi connectivity index (χ1) is 9.05. The normalized spacial score (nSPS) is 33.7. The number of Topliss-reactive ketones (excluding diaryl/α,β-unsaturated/α-hetero) is 1. The van der Waals surface area contributed by atoms with Crippen LogP contribution in [-0.4, -0.2) is 17.0 Å². The van der Waals surface area contributed by atoms with Gasteiger partial charge in [-0.25, -0.2) is 0 Å². The molecule has 1 fully saturated rings. The number of ketones is 1. The molecule has 3 heteroatoms. The second kappa shape index (κ2) is 4.71. The summed E-state index contributed by atoms with van der Waals surface area (Å²) in [6, 6.07) is 6.04. The lowest BCUT2D eigenvalue weighted by atomic mass is 9.65. The predicted molar refractivity (Wildman–Crippen MR) is 78.2 cm³/mol. The molecular weight excluding hydrogens is 304 g/mol. The van der Waals surface area contributed by atoms with Crippen LogP contribution in [0.2, 0.25) is 0 Å². The summed E-state index contributed by atoms with van der Waals surface area (Å²) in [6.07, 6.45) is 4.03. The molecule has 0 aliphatic heterocycles. The van der Waals surface area contributed by atoms with E-state index in [0.717, 1.165) is 42.1 Å². The third kappa shape index (κ3) is 2.07. The van der Waals surface area contributed by atoms with Gasteiger partial charge < -0.3 is 5.11 Å². The van der Waals surface area contributed by atoms with Gasteiger partial charge in [0.1, 0.15) is 0 Å². The molecule has 19 heavy (non-hydrogen) atoms. The summed E-state index contributed by atoms with van der Waals surface area (Å²) in [5, 5.41) is 10.0. The largest absolute Gasteiger partial charge is 0.393 e. The monoisotopic (exact) mass is 322 g/mol. The Morgan fingerprint density at radius 1 is 1.47 bits per heavy atom. The van der Waals surface area contributed by atoms with Gasteiger partial charge in [-0.3, -0.25) is 4.79 Å². The maximum absolute atomic E-state index is 12.8. The number of carbonyl (C=O) groups is 1. The van der Waals surface area contributed by atoms with E-state index in [1.165, 1.54) is 5.56 Å². The molecular formula is C16H19BrO2. The van der Waals surface area contributed by atoms with Crippen LogP contribution in [-0.2, 0) is 6.42 Å². The van der Waals surface area contributed by atoms with E-state index in [1.54, 1.807) is 0 Å². The average Bonchev–Trinajstić information content (AvgIpc) is 2.67.